The lowest BCUT2D eigenvalue weighted by Crippen LogP contribution is -2.31. The van der Waals surface area contributed by atoms with Crippen molar-refractivity contribution in [3.05, 3.63) is 70.2 Å². The third-order valence-corrected chi connectivity index (χ3v) is 3.81. The summed E-state index contributed by atoms with van der Waals surface area (Å²) in [5, 5.41) is 2.81. The summed E-state index contributed by atoms with van der Waals surface area (Å²) in [6, 6.07) is 8.62. The molecule has 3 rings (SSSR count). The lowest BCUT2D eigenvalue weighted by atomic mass is 10.1. The fourth-order valence-electron chi connectivity index (χ4n) is 2.50. The van der Waals surface area contributed by atoms with Crippen molar-refractivity contribution >= 4 is 5.91 Å². The maximum Gasteiger partial charge on any atom is 0.255 e. The largest absolute Gasteiger partial charge is 0.467 e. The monoisotopic (exact) mass is 338 g/mol. The summed E-state index contributed by atoms with van der Waals surface area (Å²) in [6.07, 6.45) is 3.12. The summed E-state index contributed by atoms with van der Waals surface area (Å²) in [6.45, 7) is 3.52. The van der Waals surface area contributed by atoms with Gasteiger partial charge in [0.05, 0.1) is 18.7 Å². The highest BCUT2D eigenvalue weighted by molar-refractivity contribution is 5.79. The van der Waals surface area contributed by atoms with Crippen molar-refractivity contribution in [1.82, 2.24) is 20.3 Å². The predicted octanol–water partition coefficient (Wildman–Crippen LogP) is 2.15. The first-order valence-corrected chi connectivity index (χ1v) is 7.88. The van der Waals surface area contributed by atoms with Crippen molar-refractivity contribution in [1.29, 1.82) is 0 Å². The lowest BCUT2D eigenvalue weighted by Gasteiger charge is -2.12. The van der Waals surface area contributed by atoms with Crippen molar-refractivity contribution in [2.24, 2.45) is 0 Å². The van der Waals surface area contributed by atoms with E-state index in [0.717, 1.165) is 0 Å². The minimum atomic E-state index is -0.339. The van der Waals surface area contributed by atoms with E-state index in [1.807, 2.05) is 13.0 Å². The van der Waals surface area contributed by atoms with Gasteiger partial charge in [0.1, 0.15) is 11.5 Å². The Balaban J connectivity index is 1.77. The summed E-state index contributed by atoms with van der Waals surface area (Å²) in [5.41, 5.74) is 1.08. The Morgan fingerprint density at radius 2 is 2.16 bits per heavy atom. The van der Waals surface area contributed by atoms with E-state index in [2.05, 4.69) is 20.3 Å². The number of hydrogen-bond donors (Lipinski definition) is 2. The smallest absolute Gasteiger partial charge is 0.255 e. The van der Waals surface area contributed by atoms with Gasteiger partial charge in [-0.25, -0.2) is 4.98 Å². The van der Waals surface area contributed by atoms with Gasteiger partial charge >= 0.3 is 0 Å². The molecule has 7 heteroatoms. The number of carbonyl (C=O) groups is 1. The SMILES string of the molecule is Cc1nc(-c2ccccn2)[nH]c(=O)c1CC(=O)NC(C)c1ccco1. The minimum Gasteiger partial charge on any atom is -0.467 e. The van der Waals surface area contributed by atoms with Gasteiger partial charge < -0.3 is 14.7 Å². The van der Waals surface area contributed by atoms with Crippen LogP contribution in [0.25, 0.3) is 11.5 Å². The van der Waals surface area contributed by atoms with E-state index in [1.54, 1.807) is 43.6 Å². The van der Waals surface area contributed by atoms with Crippen LogP contribution in [0.4, 0.5) is 0 Å². The van der Waals surface area contributed by atoms with E-state index in [1.165, 1.54) is 0 Å². The van der Waals surface area contributed by atoms with E-state index in [0.29, 0.717) is 28.5 Å². The molecule has 1 atom stereocenters. The number of amides is 1. The quantitative estimate of drug-likeness (QED) is 0.742. The molecule has 128 valence electrons. The van der Waals surface area contributed by atoms with E-state index >= 15 is 0 Å². The molecule has 3 aromatic heterocycles. The van der Waals surface area contributed by atoms with Gasteiger partial charge in [-0.3, -0.25) is 14.6 Å². The summed E-state index contributed by atoms with van der Waals surface area (Å²) in [4.78, 5) is 35.8. The van der Waals surface area contributed by atoms with Gasteiger partial charge in [0.15, 0.2) is 5.82 Å². The van der Waals surface area contributed by atoms with Crippen LogP contribution in [-0.2, 0) is 11.2 Å². The highest BCUT2D eigenvalue weighted by Crippen LogP contribution is 2.13. The maximum absolute atomic E-state index is 12.4. The third kappa shape index (κ3) is 3.82. The van der Waals surface area contributed by atoms with Gasteiger partial charge in [-0.2, -0.15) is 0 Å². The van der Waals surface area contributed by atoms with Gasteiger partial charge in [0.25, 0.3) is 5.56 Å². The minimum absolute atomic E-state index is 0.0539. The standard InChI is InChI=1S/C18H18N4O3/c1-11-13(10-16(23)20-12(2)15-7-5-9-25-15)18(24)22-17(21-11)14-6-3-4-8-19-14/h3-9,12H,10H2,1-2H3,(H,20,23)(H,21,22,24). The highest BCUT2D eigenvalue weighted by Gasteiger charge is 2.16. The number of pyridine rings is 1. The number of nitrogens with one attached hydrogen (secondary N) is 2. The molecule has 1 unspecified atom stereocenters. The van der Waals surface area contributed by atoms with Crippen molar-refractivity contribution in [3.8, 4) is 11.5 Å². The van der Waals surface area contributed by atoms with Crippen LogP contribution in [0.15, 0.2) is 52.0 Å². The molecular formula is C18H18N4O3. The summed E-state index contributed by atoms with van der Waals surface area (Å²) >= 11 is 0. The van der Waals surface area contributed by atoms with Crippen LogP contribution in [0.2, 0.25) is 0 Å². The predicted molar refractivity (Wildman–Crippen MR) is 91.8 cm³/mol. The molecule has 3 heterocycles. The molecule has 0 aromatic carbocycles. The van der Waals surface area contributed by atoms with Crippen molar-refractivity contribution in [3.63, 3.8) is 0 Å². The number of furan rings is 1. The summed E-state index contributed by atoms with van der Waals surface area (Å²) in [5.74, 6) is 0.767. The zero-order valence-electron chi connectivity index (χ0n) is 13.9. The van der Waals surface area contributed by atoms with Gasteiger partial charge in [0.2, 0.25) is 5.91 Å². The topological polar surface area (TPSA) is 101 Å². The number of nitrogens with zero attached hydrogens (tertiary/aromatic N) is 2. The number of rotatable bonds is 5. The molecule has 0 saturated carbocycles. The van der Waals surface area contributed by atoms with Crippen LogP contribution in [0, 0.1) is 6.92 Å². The Hall–Kier alpha value is -3.22. The number of H-pyrrole nitrogens is 1. The van der Waals surface area contributed by atoms with E-state index in [-0.39, 0.29) is 23.9 Å². The van der Waals surface area contributed by atoms with Crippen molar-refractivity contribution < 1.29 is 9.21 Å². The molecule has 0 aliphatic carbocycles. The zero-order chi connectivity index (χ0) is 17.8. The first-order chi connectivity index (χ1) is 12.0. The zero-order valence-corrected chi connectivity index (χ0v) is 13.9. The van der Waals surface area contributed by atoms with Crippen LogP contribution in [-0.4, -0.2) is 20.9 Å². The van der Waals surface area contributed by atoms with Crippen LogP contribution in [0.5, 0.6) is 0 Å². The Labute approximate surface area is 144 Å². The molecule has 7 nitrogen and oxygen atoms in total. The Morgan fingerprint density at radius 1 is 1.32 bits per heavy atom. The highest BCUT2D eigenvalue weighted by atomic mass is 16.3. The number of hydrogen-bond acceptors (Lipinski definition) is 5. The molecule has 2 N–H and O–H groups in total. The molecule has 1 amide bonds. The van der Waals surface area contributed by atoms with Gasteiger partial charge in [-0.1, -0.05) is 6.07 Å². The average Bonchev–Trinajstić information content (AvgIpc) is 3.13. The van der Waals surface area contributed by atoms with Gasteiger partial charge in [-0.05, 0) is 38.1 Å². The molecule has 0 aliphatic rings. The van der Waals surface area contributed by atoms with E-state index in [9.17, 15) is 9.59 Å². The second-order valence-corrected chi connectivity index (χ2v) is 5.67. The molecular weight excluding hydrogens is 320 g/mol. The van der Waals surface area contributed by atoms with Crippen LogP contribution in [0.3, 0.4) is 0 Å². The Bertz CT molecular complexity index is 917. The van der Waals surface area contributed by atoms with Gasteiger partial charge in [-0.15, -0.1) is 0 Å². The number of aromatic nitrogens is 3. The number of aromatic amines is 1. The van der Waals surface area contributed by atoms with Crippen molar-refractivity contribution in [2.75, 3.05) is 0 Å². The molecule has 0 spiro atoms. The van der Waals surface area contributed by atoms with Crippen LogP contribution in [0.1, 0.15) is 30.0 Å². The molecule has 0 radical (unpaired) electrons. The fraction of sp³-hybridized carbons (Fsp3) is 0.222. The normalized spacial score (nSPS) is 11.9. The van der Waals surface area contributed by atoms with E-state index in [4.69, 9.17) is 4.42 Å². The average molecular weight is 338 g/mol. The molecule has 0 fully saturated rings. The lowest BCUT2D eigenvalue weighted by molar-refractivity contribution is -0.121. The Kier molecular flexibility index (Phi) is 4.74. The second-order valence-electron chi connectivity index (χ2n) is 5.67. The third-order valence-electron chi connectivity index (χ3n) is 3.81. The van der Waals surface area contributed by atoms with Crippen molar-refractivity contribution in [2.45, 2.75) is 26.3 Å². The molecule has 0 saturated heterocycles. The van der Waals surface area contributed by atoms with Crippen LogP contribution < -0.4 is 10.9 Å². The molecule has 0 bridgehead atoms. The van der Waals surface area contributed by atoms with Gasteiger partial charge in [0, 0.05) is 17.5 Å². The first kappa shape index (κ1) is 16.6. The first-order valence-electron chi connectivity index (χ1n) is 7.88. The van der Waals surface area contributed by atoms with Crippen LogP contribution >= 0.6 is 0 Å². The fourth-order valence-corrected chi connectivity index (χ4v) is 2.50. The molecule has 3 aromatic rings. The Morgan fingerprint density at radius 3 is 2.80 bits per heavy atom. The second kappa shape index (κ2) is 7.12. The maximum atomic E-state index is 12.4. The number of aryl methyl sites for hydroxylation is 1. The van der Waals surface area contributed by atoms with E-state index < -0.39 is 0 Å². The summed E-state index contributed by atoms with van der Waals surface area (Å²) in [7, 11) is 0. The molecule has 0 aliphatic heterocycles. The molecule has 25 heavy (non-hydrogen) atoms. The number of carbonyl (C=O) groups excluding carboxylic acids is 1. The summed E-state index contributed by atoms with van der Waals surface area (Å²) < 4.78 is 5.26.